The molecule has 0 aliphatic carbocycles. The summed E-state index contributed by atoms with van der Waals surface area (Å²) in [6.07, 6.45) is 2.53. The molecule has 176 valence electrons. The van der Waals surface area contributed by atoms with Crippen LogP contribution in [0.25, 0.3) is 11.0 Å². The predicted molar refractivity (Wildman–Crippen MR) is 129 cm³/mol. The number of carbonyl (C=O) groups is 1. The van der Waals surface area contributed by atoms with Crippen LogP contribution in [-0.2, 0) is 13.1 Å². The zero-order chi connectivity index (χ0) is 24.1. The Morgan fingerprint density at radius 1 is 1.00 bits per heavy atom. The van der Waals surface area contributed by atoms with Gasteiger partial charge in [0.25, 0.3) is 17.0 Å². The molecule has 2 atom stereocenters. The van der Waals surface area contributed by atoms with E-state index in [1.54, 1.807) is 47.5 Å². The van der Waals surface area contributed by atoms with Gasteiger partial charge in [-0.15, -0.1) is 0 Å². The Labute approximate surface area is 200 Å². The molecule has 1 amide bonds. The van der Waals surface area contributed by atoms with Gasteiger partial charge < -0.3 is 9.47 Å². The van der Waals surface area contributed by atoms with Gasteiger partial charge in [-0.2, -0.15) is 0 Å². The number of fused-ring (bicyclic) bond motifs is 5. The van der Waals surface area contributed by atoms with Crippen LogP contribution in [-0.4, -0.2) is 38.0 Å². The minimum atomic E-state index is -0.419. The molecule has 4 aromatic rings. The number of amides is 1. The Bertz CT molecular complexity index is 1570. The van der Waals surface area contributed by atoms with Crippen molar-refractivity contribution in [2.45, 2.75) is 25.4 Å². The molecule has 0 N–H and O–H groups in total. The largest absolute Gasteiger partial charge is 0.337 e. The molecule has 1 saturated heterocycles. The first-order valence-corrected chi connectivity index (χ1v) is 11.7. The SMILES string of the molecule is O=C(c1cc2cccnc2n(Cc2ccc(F)cc2)c1=O)N1CC2CC(C1)c1cccc(=O)n1C2. The van der Waals surface area contributed by atoms with Crippen LogP contribution in [0, 0.1) is 11.7 Å². The summed E-state index contributed by atoms with van der Waals surface area (Å²) in [5.41, 5.74) is 1.82. The van der Waals surface area contributed by atoms with E-state index in [1.807, 2.05) is 16.7 Å². The highest BCUT2D eigenvalue weighted by Gasteiger charge is 2.37. The fourth-order valence-corrected chi connectivity index (χ4v) is 5.51. The molecule has 3 aromatic heterocycles. The monoisotopic (exact) mass is 470 g/mol. The maximum Gasteiger partial charge on any atom is 0.265 e. The van der Waals surface area contributed by atoms with Crippen molar-refractivity contribution in [3.05, 3.63) is 110 Å². The van der Waals surface area contributed by atoms with Gasteiger partial charge in [0.15, 0.2) is 0 Å². The van der Waals surface area contributed by atoms with Crippen LogP contribution >= 0.6 is 0 Å². The maximum atomic E-state index is 13.7. The number of pyridine rings is 3. The van der Waals surface area contributed by atoms with Crippen molar-refractivity contribution in [2.24, 2.45) is 5.92 Å². The number of piperidine rings is 1. The summed E-state index contributed by atoms with van der Waals surface area (Å²) >= 11 is 0. The van der Waals surface area contributed by atoms with Crippen LogP contribution in [0.15, 0.2) is 76.4 Å². The Kier molecular flexibility index (Phi) is 5.09. The van der Waals surface area contributed by atoms with Crippen molar-refractivity contribution in [1.29, 1.82) is 0 Å². The van der Waals surface area contributed by atoms with Crippen LogP contribution in [0.1, 0.15) is 34.0 Å². The number of carbonyl (C=O) groups excluding carboxylic acids is 1. The minimum Gasteiger partial charge on any atom is -0.337 e. The van der Waals surface area contributed by atoms with Crippen LogP contribution < -0.4 is 11.1 Å². The molecule has 1 fully saturated rings. The maximum absolute atomic E-state index is 13.7. The highest BCUT2D eigenvalue weighted by molar-refractivity contribution is 5.97. The van der Waals surface area contributed by atoms with Crippen LogP contribution in [0.4, 0.5) is 4.39 Å². The Morgan fingerprint density at radius 2 is 1.83 bits per heavy atom. The van der Waals surface area contributed by atoms with Crippen molar-refractivity contribution in [1.82, 2.24) is 19.0 Å². The first-order chi connectivity index (χ1) is 17.0. The third-order valence-corrected chi connectivity index (χ3v) is 7.10. The van der Waals surface area contributed by atoms with E-state index in [0.717, 1.165) is 17.7 Å². The number of hydrogen-bond acceptors (Lipinski definition) is 4. The van der Waals surface area contributed by atoms with E-state index in [9.17, 15) is 18.8 Å². The van der Waals surface area contributed by atoms with Gasteiger partial charge in [0.05, 0.1) is 6.54 Å². The van der Waals surface area contributed by atoms with Crippen molar-refractivity contribution in [3.8, 4) is 0 Å². The summed E-state index contributed by atoms with van der Waals surface area (Å²) in [5.74, 6) is -0.444. The van der Waals surface area contributed by atoms with Gasteiger partial charge in [0.1, 0.15) is 17.0 Å². The first kappa shape index (κ1) is 21.5. The standard InChI is InChI=1S/C27H23FN4O3/c28-21-8-6-17(7-9-21)14-32-25-19(3-2-10-29-25)12-22(27(32)35)26(34)30-13-18-11-20(16-30)23-4-1-5-24(33)31(23)15-18/h1-10,12,18,20H,11,13-16H2. The van der Waals surface area contributed by atoms with Gasteiger partial charge in [-0.05, 0) is 54.3 Å². The molecule has 0 saturated carbocycles. The smallest absolute Gasteiger partial charge is 0.265 e. The van der Waals surface area contributed by atoms with Crippen molar-refractivity contribution >= 4 is 16.9 Å². The molecule has 0 radical (unpaired) electrons. The zero-order valence-electron chi connectivity index (χ0n) is 18.9. The van der Waals surface area contributed by atoms with Crippen molar-refractivity contribution in [3.63, 3.8) is 0 Å². The fourth-order valence-electron chi connectivity index (χ4n) is 5.51. The van der Waals surface area contributed by atoms with Gasteiger partial charge in [-0.1, -0.05) is 18.2 Å². The Balaban J connectivity index is 1.38. The van der Waals surface area contributed by atoms with E-state index in [1.165, 1.54) is 16.7 Å². The lowest BCUT2D eigenvalue weighted by atomic mass is 9.83. The number of aromatic nitrogens is 3. The molecule has 2 aliphatic heterocycles. The lowest BCUT2D eigenvalue weighted by molar-refractivity contribution is 0.0592. The molecule has 5 heterocycles. The summed E-state index contributed by atoms with van der Waals surface area (Å²) < 4.78 is 16.7. The number of rotatable bonds is 3. The average molecular weight is 471 g/mol. The second-order valence-corrected chi connectivity index (χ2v) is 9.40. The Morgan fingerprint density at radius 3 is 2.66 bits per heavy atom. The first-order valence-electron chi connectivity index (χ1n) is 11.7. The normalized spacial score (nSPS) is 18.9. The molecule has 2 aliphatic rings. The number of likely N-dealkylation sites (tertiary alicyclic amines) is 1. The Hall–Kier alpha value is -4.07. The third kappa shape index (κ3) is 3.75. The lowest BCUT2D eigenvalue weighted by Crippen LogP contribution is -2.50. The van der Waals surface area contributed by atoms with E-state index in [-0.39, 0.29) is 41.2 Å². The number of halogens is 1. The molecule has 0 spiro atoms. The van der Waals surface area contributed by atoms with E-state index in [2.05, 4.69) is 4.98 Å². The van der Waals surface area contributed by atoms with E-state index >= 15 is 0 Å². The van der Waals surface area contributed by atoms with Gasteiger partial charge in [0.2, 0.25) is 0 Å². The second-order valence-electron chi connectivity index (χ2n) is 9.40. The number of nitrogens with zero attached hydrogens (tertiary/aromatic N) is 4. The highest BCUT2D eigenvalue weighted by atomic mass is 19.1. The summed E-state index contributed by atoms with van der Waals surface area (Å²) in [6.45, 7) is 1.71. The van der Waals surface area contributed by atoms with E-state index in [0.29, 0.717) is 30.7 Å². The molecule has 6 rings (SSSR count). The van der Waals surface area contributed by atoms with Gasteiger partial charge >= 0.3 is 0 Å². The summed E-state index contributed by atoms with van der Waals surface area (Å²) in [7, 11) is 0. The van der Waals surface area contributed by atoms with E-state index < -0.39 is 5.56 Å². The zero-order valence-corrected chi connectivity index (χ0v) is 18.9. The van der Waals surface area contributed by atoms with Crippen molar-refractivity contribution in [2.75, 3.05) is 13.1 Å². The highest BCUT2D eigenvalue weighted by Crippen LogP contribution is 2.35. The van der Waals surface area contributed by atoms with Gasteiger partial charge in [0, 0.05) is 48.9 Å². The average Bonchev–Trinajstić information content (AvgIpc) is 2.87. The third-order valence-electron chi connectivity index (χ3n) is 7.10. The molecule has 2 unspecified atom stereocenters. The van der Waals surface area contributed by atoms with Crippen LogP contribution in [0.3, 0.4) is 0 Å². The van der Waals surface area contributed by atoms with Crippen molar-refractivity contribution < 1.29 is 9.18 Å². The molecule has 7 nitrogen and oxygen atoms in total. The predicted octanol–water partition coefficient (Wildman–Crippen LogP) is 3.01. The van der Waals surface area contributed by atoms with Gasteiger partial charge in [-0.25, -0.2) is 9.37 Å². The molecule has 35 heavy (non-hydrogen) atoms. The van der Waals surface area contributed by atoms with Crippen LogP contribution in [0.5, 0.6) is 0 Å². The summed E-state index contributed by atoms with van der Waals surface area (Å²) in [6, 6.07) is 16.4. The van der Waals surface area contributed by atoms with Crippen LogP contribution in [0.2, 0.25) is 0 Å². The fraction of sp³-hybridized carbons (Fsp3) is 0.259. The molecular weight excluding hydrogens is 447 g/mol. The number of hydrogen-bond donors (Lipinski definition) is 0. The molecule has 2 bridgehead atoms. The molecule has 1 aromatic carbocycles. The molecule has 8 heteroatoms. The second kappa shape index (κ2) is 8.30. The lowest BCUT2D eigenvalue weighted by Gasteiger charge is -2.42. The quantitative estimate of drug-likeness (QED) is 0.461. The summed E-state index contributed by atoms with van der Waals surface area (Å²) in [5, 5.41) is 0.687. The van der Waals surface area contributed by atoms with E-state index in [4.69, 9.17) is 0 Å². The summed E-state index contributed by atoms with van der Waals surface area (Å²) in [4.78, 5) is 45.7. The molecular formula is C27H23FN4O3. The van der Waals surface area contributed by atoms with Gasteiger partial charge in [-0.3, -0.25) is 19.0 Å². The topological polar surface area (TPSA) is 77.2 Å². The number of benzene rings is 1. The minimum absolute atomic E-state index is 0.0114.